The van der Waals surface area contributed by atoms with Crippen molar-refractivity contribution < 1.29 is 121 Å². The van der Waals surface area contributed by atoms with E-state index in [1.165, 1.54) is 47.1 Å². The van der Waals surface area contributed by atoms with Gasteiger partial charge in [0, 0.05) is 62.0 Å². The molecule has 10 atom stereocenters. The minimum Gasteiger partial charge on any atom is -0.497 e. The van der Waals surface area contributed by atoms with Crippen molar-refractivity contribution in [3.8, 4) is 11.5 Å². The van der Waals surface area contributed by atoms with E-state index >= 15 is 0 Å². The van der Waals surface area contributed by atoms with E-state index < -0.39 is 102 Å². The molecular weight excluding hydrogens is 1390 g/mol. The first-order valence-electron chi connectivity index (χ1n) is 33.3. The number of carbonyl (C=O) groups excluding carboxylic acids is 7. The van der Waals surface area contributed by atoms with Crippen molar-refractivity contribution in [2.75, 3.05) is 73.1 Å². The second kappa shape index (κ2) is 38.4. The Balaban J connectivity index is 0.000000245. The average molecular weight is 1490 g/mol. The number of aliphatic hydroxyl groups is 2. The van der Waals surface area contributed by atoms with Crippen LogP contribution in [0.25, 0.3) is 0 Å². The Morgan fingerprint density at radius 1 is 0.578 bits per heavy atom. The lowest BCUT2D eigenvalue weighted by Gasteiger charge is -2.30. The first-order valence-corrected chi connectivity index (χ1v) is 38.0. The molecule has 102 heavy (non-hydrogen) atoms. The largest absolute Gasteiger partial charge is 0.534 e. The Morgan fingerprint density at radius 2 is 0.951 bits per heavy atom. The number of aliphatic hydroxyl groups excluding tert-OH is 2. The van der Waals surface area contributed by atoms with Crippen molar-refractivity contribution in [2.24, 2.45) is 35.5 Å². The Hall–Kier alpha value is -7.34. The summed E-state index contributed by atoms with van der Waals surface area (Å²) in [5.41, 5.74) is 1.94. The molecule has 5 fully saturated rings. The molecular formula is C70H95N3O26S3. The second-order valence-electron chi connectivity index (χ2n) is 27.0. The van der Waals surface area contributed by atoms with Crippen LogP contribution >= 0.6 is 0 Å². The van der Waals surface area contributed by atoms with Gasteiger partial charge in [0.05, 0.1) is 93.6 Å². The number of esters is 2. The van der Waals surface area contributed by atoms with Gasteiger partial charge in [-0.1, -0.05) is 81.3 Å². The predicted molar refractivity (Wildman–Crippen MR) is 366 cm³/mol. The molecule has 9 rings (SSSR count). The fraction of sp³-hybridized carbons (Fsp3) is 0.557. The Morgan fingerprint density at radius 3 is 1.30 bits per heavy atom. The highest BCUT2D eigenvalue weighted by Gasteiger charge is 2.46. The number of fused-ring (bicyclic) bond motifs is 2. The fourth-order valence-corrected chi connectivity index (χ4v) is 14.9. The van der Waals surface area contributed by atoms with Gasteiger partial charge in [-0.15, -0.1) is 0 Å². The molecule has 564 valence electrons. The summed E-state index contributed by atoms with van der Waals surface area (Å²) < 4.78 is 131. The van der Waals surface area contributed by atoms with E-state index in [2.05, 4.69) is 4.84 Å². The van der Waals surface area contributed by atoms with E-state index in [-0.39, 0.29) is 118 Å². The minimum absolute atomic E-state index is 0.000384. The Kier molecular flexibility index (Phi) is 31.5. The van der Waals surface area contributed by atoms with Crippen LogP contribution in [0.3, 0.4) is 0 Å². The van der Waals surface area contributed by atoms with Gasteiger partial charge >= 0.3 is 18.1 Å². The molecule has 0 radical (unpaired) electrons. The number of ether oxygens (including phenoxy) is 9. The average Bonchev–Trinajstić information content (AvgIpc) is 1.68. The van der Waals surface area contributed by atoms with Gasteiger partial charge in [0.1, 0.15) is 41.9 Å². The van der Waals surface area contributed by atoms with Crippen molar-refractivity contribution in [3.63, 3.8) is 0 Å². The number of hydroxylamine groups is 2. The maximum Gasteiger partial charge on any atom is 0.534 e. The summed E-state index contributed by atoms with van der Waals surface area (Å²) in [6.07, 6.45) is -0.827. The number of benzene rings is 4. The van der Waals surface area contributed by atoms with Crippen molar-refractivity contribution in [2.45, 2.75) is 152 Å². The molecule has 5 aliphatic heterocycles. The normalized spacial score (nSPS) is 20.7. The van der Waals surface area contributed by atoms with Crippen LogP contribution < -0.4 is 9.47 Å². The quantitative estimate of drug-likeness (QED) is 0.0168. The van der Waals surface area contributed by atoms with Crippen LogP contribution in [0.2, 0.25) is 0 Å². The molecule has 3 N–H and O–H groups in total. The maximum atomic E-state index is 13.6. The second-order valence-corrected chi connectivity index (χ2v) is 32.3. The topological polar surface area (TPSA) is 385 Å². The Labute approximate surface area is 596 Å². The summed E-state index contributed by atoms with van der Waals surface area (Å²) in [6, 6.07) is 25.9. The molecule has 32 heteroatoms. The molecule has 0 aliphatic carbocycles. The summed E-state index contributed by atoms with van der Waals surface area (Å²) in [5.74, 6) is -2.29. The zero-order chi connectivity index (χ0) is 75.3. The number of amides is 2. The summed E-state index contributed by atoms with van der Waals surface area (Å²) in [4.78, 5) is 86.8. The highest BCUT2D eigenvalue weighted by molar-refractivity contribution is 7.89. The number of imide groups is 1. The Bertz CT molecular complexity index is 3740. The van der Waals surface area contributed by atoms with E-state index in [9.17, 15) is 69.0 Å². The summed E-state index contributed by atoms with van der Waals surface area (Å²) in [5, 5.41) is 23.2. The summed E-state index contributed by atoms with van der Waals surface area (Å²) in [7, 11) is -8.54. The number of sulfonamides is 2. The summed E-state index contributed by atoms with van der Waals surface area (Å²) >= 11 is 0. The number of methoxy groups -OCH3 is 2. The molecule has 0 bridgehead atoms. The lowest BCUT2D eigenvalue weighted by atomic mass is 9.90. The SMILES string of the molecule is COc1ccc(S(=O)(=O)N(CC(C)C)C[C@@H](O)[C@@H](CC(=O)OC(C)(C)C)Cc2ccc(C=O)cc2)cc1.COc1ccc(S(=O)(=O)N(CC(C)C)C[C@@H](O)[C@@H](CC(=O)O[C@H]2CO[C@H]3OCC[C@H]32)Cc2ccc(C=O)cc2)cc1.CS(=O)(=O)O.O=C(OC1CO[C@H]2OCC[C@@H]12)ON1C(=O)CCC1=O. The van der Waals surface area contributed by atoms with Crippen LogP contribution in [-0.2, 0) is 100 Å². The van der Waals surface area contributed by atoms with Gasteiger partial charge < -0.3 is 52.8 Å². The molecule has 0 spiro atoms. The number of aldehydes is 2. The van der Waals surface area contributed by atoms with Crippen molar-refractivity contribution in [1.29, 1.82) is 0 Å². The molecule has 5 aliphatic rings. The van der Waals surface area contributed by atoms with Gasteiger partial charge in [-0.2, -0.15) is 17.0 Å². The lowest BCUT2D eigenvalue weighted by molar-refractivity contribution is -0.179. The molecule has 4 aromatic carbocycles. The monoisotopic (exact) mass is 1490 g/mol. The van der Waals surface area contributed by atoms with Gasteiger partial charge in [-0.25, -0.2) is 21.6 Å². The molecule has 0 saturated carbocycles. The van der Waals surface area contributed by atoms with Crippen LogP contribution in [0.4, 0.5) is 4.79 Å². The van der Waals surface area contributed by atoms with Crippen LogP contribution in [0, 0.1) is 35.5 Å². The number of rotatable bonds is 29. The van der Waals surface area contributed by atoms with Gasteiger partial charge in [-0.05, 0) is 118 Å². The zero-order valence-electron chi connectivity index (χ0n) is 58.9. The molecule has 1 unspecified atom stereocenters. The molecule has 0 aromatic heterocycles. The molecule has 5 saturated heterocycles. The molecule has 4 aromatic rings. The van der Waals surface area contributed by atoms with Crippen molar-refractivity contribution >= 4 is 72.6 Å². The number of hydrogen-bond acceptors (Lipinski definition) is 25. The minimum atomic E-state index is -3.96. The van der Waals surface area contributed by atoms with Gasteiger partial charge in [-0.3, -0.25) is 38.2 Å². The van der Waals surface area contributed by atoms with Gasteiger partial charge in [0.25, 0.3) is 21.9 Å². The third-order valence-corrected chi connectivity index (χ3v) is 20.3. The fourth-order valence-electron chi connectivity index (χ4n) is 11.6. The third kappa shape index (κ3) is 26.1. The molecule has 2 amide bonds. The first kappa shape index (κ1) is 83.6. The van der Waals surface area contributed by atoms with E-state index in [0.717, 1.165) is 36.5 Å². The number of carbonyl (C=O) groups is 7. The van der Waals surface area contributed by atoms with Crippen LogP contribution in [-0.4, -0.2) is 212 Å². The van der Waals surface area contributed by atoms with Crippen molar-refractivity contribution in [1.82, 2.24) is 13.7 Å². The highest BCUT2D eigenvalue weighted by Crippen LogP contribution is 2.36. The standard InChI is InChI=1S/C30H39NO9S.C28H39NO7S.C11H13NO7.CH4O3S/c1-20(2)16-31(41(35,36)25-10-8-24(37-3)9-11-25)17-27(33)23(14-21-4-6-22(18-32)7-5-21)15-29(34)40-28-19-39-30-26(28)12-13-38-30;1-20(2)17-29(37(33,34)25-13-11-24(35-6)12-14-25)18-26(31)23(16-27(32)36-28(3,4)5)15-21-7-9-22(19-30)10-8-21;13-8-1-2-9(14)12(8)19-11(15)18-7-5-17-10-6(7)3-4-16-10;1-5(2,3)4/h4-11,18,20,23,26-28,30,33H,12-17,19H2,1-3H3;7-14,19-20,23,26,31H,15-18H2,1-6H3;6-7,10H,1-5H2;1H3,(H,2,3,4)/t23-,26+,27-,28+,30-;23-,26-;6-,7?,10+;/m110./s1. The van der Waals surface area contributed by atoms with Gasteiger partial charge in [0.2, 0.25) is 20.0 Å². The van der Waals surface area contributed by atoms with Gasteiger partial charge in [0.15, 0.2) is 12.6 Å². The van der Waals surface area contributed by atoms with Crippen LogP contribution in [0.15, 0.2) is 107 Å². The lowest BCUT2D eigenvalue weighted by Crippen LogP contribution is -2.43. The van der Waals surface area contributed by atoms with Crippen LogP contribution in [0.5, 0.6) is 11.5 Å². The highest BCUT2D eigenvalue weighted by atomic mass is 32.2. The molecule has 29 nitrogen and oxygen atoms in total. The predicted octanol–water partition coefficient (Wildman–Crippen LogP) is 6.64. The van der Waals surface area contributed by atoms with Crippen LogP contribution in [0.1, 0.15) is 119 Å². The molecule has 5 heterocycles. The zero-order valence-corrected chi connectivity index (χ0v) is 61.4. The third-order valence-electron chi connectivity index (χ3n) is 16.6. The smallest absolute Gasteiger partial charge is 0.497 e. The van der Waals surface area contributed by atoms with E-state index in [1.807, 2.05) is 27.7 Å². The number of hydrogen-bond donors (Lipinski definition) is 3. The maximum absolute atomic E-state index is 13.6. The van der Waals surface area contributed by atoms with E-state index in [4.69, 9.17) is 47.2 Å². The van der Waals surface area contributed by atoms with Crippen molar-refractivity contribution in [3.05, 3.63) is 119 Å². The van der Waals surface area contributed by atoms with E-state index in [1.54, 1.807) is 93.6 Å². The number of nitrogens with zero attached hydrogens (tertiary/aromatic N) is 3. The summed E-state index contributed by atoms with van der Waals surface area (Å²) in [6.45, 7) is 14.5. The first-order chi connectivity index (χ1) is 48.0. The van der Waals surface area contributed by atoms with E-state index in [0.29, 0.717) is 53.6 Å².